The Morgan fingerprint density at radius 2 is 1.48 bits per heavy atom. The van der Waals surface area contributed by atoms with Crippen molar-refractivity contribution in [2.45, 2.75) is 32.0 Å². The van der Waals surface area contributed by atoms with Crippen LogP contribution in [0.1, 0.15) is 28.8 Å². The minimum Gasteiger partial charge on any atom is -0.349 e. The van der Waals surface area contributed by atoms with Gasteiger partial charge < -0.3 is 14.8 Å². The van der Waals surface area contributed by atoms with Crippen LogP contribution in [0.3, 0.4) is 0 Å². The number of nitrogens with zero attached hydrogens (tertiary/aromatic N) is 2. The van der Waals surface area contributed by atoms with E-state index in [-0.39, 0.29) is 23.8 Å². The second-order valence-corrected chi connectivity index (χ2v) is 8.64. The summed E-state index contributed by atoms with van der Waals surface area (Å²) in [6, 6.07) is 22.5. The molecule has 1 heterocycles. The third-order valence-electron chi connectivity index (χ3n) is 6.15. The number of hydrogen-bond donors (Lipinski definition) is 1. The van der Waals surface area contributed by atoms with E-state index in [9.17, 15) is 14.4 Å². The summed E-state index contributed by atoms with van der Waals surface area (Å²) in [6.45, 7) is 0.555. The lowest BCUT2D eigenvalue weighted by atomic mass is 10.1. The zero-order valence-corrected chi connectivity index (χ0v) is 18.5. The van der Waals surface area contributed by atoms with Crippen molar-refractivity contribution < 1.29 is 9.59 Å². The molecular formula is C27H25N3O3. The number of aromatic nitrogens is 1. The van der Waals surface area contributed by atoms with Crippen LogP contribution in [0.15, 0.2) is 77.6 Å². The van der Waals surface area contributed by atoms with Crippen LogP contribution in [0.5, 0.6) is 0 Å². The van der Waals surface area contributed by atoms with Crippen molar-refractivity contribution in [1.82, 2.24) is 14.8 Å². The highest BCUT2D eigenvalue weighted by Gasteiger charge is 2.23. The molecule has 2 amide bonds. The van der Waals surface area contributed by atoms with E-state index in [1.165, 1.54) is 0 Å². The van der Waals surface area contributed by atoms with Crippen LogP contribution in [0.4, 0.5) is 0 Å². The highest BCUT2D eigenvalue weighted by atomic mass is 16.2. The van der Waals surface area contributed by atoms with Crippen molar-refractivity contribution >= 4 is 33.6 Å². The van der Waals surface area contributed by atoms with E-state index in [2.05, 4.69) is 5.32 Å². The van der Waals surface area contributed by atoms with Crippen molar-refractivity contribution in [3.63, 3.8) is 0 Å². The molecule has 3 aromatic carbocycles. The van der Waals surface area contributed by atoms with Crippen LogP contribution in [0, 0.1) is 0 Å². The summed E-state index contributed by atoms with van der Waals surface area (Å²) in [4.78, 5) is 39.9. The van der Waals surface area contributed by atoms with Crippen molar-refractivity contribution in [1.29, 1.82) is 0 Å². The van der Waals surface area contributed by atoms with Gasteiger partial charge in [-0.25, -0.2) is 0 Å². The van der Waals surface area contributed by atoms with Gasteiger partial charge in [0.25, 0.3) is 5.91 Å². The average molecular weight is 440 g/mol. The predicted octanol–water partition coefficient (Wildman–Crippen LogP) is 3.71. The fourth-order valence-corrected chi connectivity index (χ4v) is 4.12. The number of amides is 2. The van der Waals surface area contributed by atoms with Crippen LogP contribution >= 0.6 is 0 Å². The molecule has 0 unspecified atom stereocenters. The molecule has 1 saturated carbocycles. The molecule has 1 aliphatic carbocycles. The molecule has 0 atom stereocenters. The highest BCUT2D eigenvalue weighted by molar-refractivity contribution is 5.95. The molecule has 1 aromatic heterocycles. The molecule has 4 aromatic rings. The Labute approximate surface area is 191 Å². The van der Waals surface area contributed by atoms with Crippen molar-refractivity contribution in [2.24, 2.45) is 0 Å². The molecule has 0 saturated heterocycles. The average Bonchev–Trinajstić information content (AvgIpc) is 3.66. The largest absolute Gasteiger partial charge is 0.349 e. The normalized spacial score (nSPS) is 13.2. The van der Waals surface area contributed by atoms with E-state index < -0.39 is 0 Å². The maximum Gasteiger partial charge on any atom is 0.251 e. The quantitative estimate of drug-likeness (QED) is 0.466. The zero-order chi connectivity index (χ0) is 22.9. The number of para-hydroxylation sites is 2. The first kappa shape index (κ1) is 20.9. The molecule has 6 nitrogen and oxygen atoms in total. The number of fused-ring (bicyclic) bond motifs is 2. The fraction of sp³-hybridized carbons (Fsp3) is 0.222. The number of hydrogen-bond acceptors (Lipinski definition) is 3. The van der Waals surface area contributed by atoms with Gasteiger partial charge in [-0.1, -0.05) is 36.4 Å². The third kappa shape index (κ3) is 4.24. The predicted molar refractivity (Wildman–Crippen MR) is 129 cm³/mol. The molecular weight excluding hydrogens is 414 g/mol. The molecule has 166 valence electrons. The topological polar surface area (TPSA) is 71.4 Å². The van der Waals surface area contributed by atoms with Crippen molar-refractivity contribution in [3.05, 3.63) is 94.1 Å². The lowest BCUT2D eigenvalue weighted by Gasteiger charge is -2.21. The lowest BCUT2D eigenvalue weighted by molar-refractivity contribution is -0.130. The van der Waals surface area contributed by atoms with E-state index in [1.54, 1.807) is 36.2 Å². The minimum absolute atomic E-state index is 0.0240. The number of likely N-dealkylation sites (N-methyl/N-ethyl adjacent to an activating group) is 1. The Morgan fingerprint density at radius 3 is 2.06 bits per heavy atom. The molecule has 5 rings (SSSR count). The minimum atomic E-state index is -0.0653. The number of pyridine rings is 1. The maximum atomic E-state index is 13.2. The Kier molecular flexibility index (Phi) is 5.42. The molecule has 6 heteroatoms. The van der Waals surface area contributed by atoms with Gasteiger partial charge in [0, 0.05) is 36.0 Å². The Morgan fingerprint density at radius 1 is 0.909 bits per heavy atom. The van der Waals surface area contributed by atoms with Gasteiger partial charge in [-0.3, -0.25) is 14.4 Å². The second-order valence-electron chi connectivity index (χ2n) is 8.64. The van der Waals surface area contributed by atoms with Gasteiger partial charge in [-0.2, -0.15) is 0 Å². The van der Waals surface area contributed by atoms with Gasteiger partial charge in [0.15, 0.2) is 5.43 Å². The number of nitrogens with one attached hydrogen (secondary N) is 1. The van der Waals surface area contributed by atoms with Crippen molar-refractivity contribution in [2.75, 3.05) is 7.05 Å². The summed E-state index contributed by atoms with van der Waals surface area (Å²) < 4.78 is 1.91. The van der Waals surface area contributed by atoms with E-state index in [0.29, 0.717) is 28.9 Å². The van der Waals surface area contributed by atoms with E-state index in [4.69, 9.17) is 0 Å². The number of carbonyl (C=O) groups is 2. The first-order chi connectivity index (χ1) is 16.0. The first-order valence-electron chi connectivity index (χ1n) is 11.2. The molecule has 1 N–H and O–H groups in total. The first-order valence-corrected chi connectivity index (χ1v) is 11.2. The van der Waals surface area contributed by atoms with Crippen LogP contribution < -0.4 is 10.7 Å². The highest BCUT2D eigenvalue weighted by Crippen LogP contribution is 2.21. The van der Waals surface area contributed by atoms with Gasteiger partial charge in [0.1, 0.15) is 6.54 Å². The second kappa shape index (κ2) is 8.54. The summed E-state index contributed by atoms with van der Waals surface area (Å²) in [5, 5.41) is 4.19. The van der Waals surface area contributed by atoms with Gasteiger partial charge >= 0.3 is 0 Å². The Hall–Kier alpha value is -3.93. The van der Waals surface area contributed by atoms with Gasteiger partial charge in [0.05, 0.1) is 11.0 Å². The van der Waals surface area contributed by atoms with Crippen molar-refractivity contribution in [3.8, 4) is 0 Å². The summed E-state index contributed by atoms with van der Waals surface area (Å²) in [6.07, 6.45) is 2.10. The standard InChI is InChI=1S/C27H25N3O3/c1-29(16-18-10-12-19(13-11-18)27(33)28-20-14-15-20)25(31)17-30-23-8-4-2-6-21(23)26(32)22-7-3-5-9-24(22)30/h2-13,20H,14-17H2,1H3,(H,28,33). The molecule has 0 aliphatic heterocycles. The fourth-order valence-electron chi connectivity index (χ4n) is 4.12. The Bertz CT molecular complexity index is 1360. The summed E-state index contributed by atoms with van der Waals surface area (Å²) in [7, 11) is 1.77. The van der Waals surface area contributed by atoms with Gasteiger partial charge in [0.2, 0.25) is 5.91 Å². The third-order valence-corrected chi connectivity index (χ3v) is 6.15. The lowest BCUT2D eigenvalue weighted by Crippen LogP contribution is -2.30. The SMILES string of the molecule is CN(Cc1ccc(C(=O)NC2CC2)cc1)C(=O)Cn1c2ccccc2c(=O)c2ccccc21. The van der Waals surface area contributed by atoms with Crippen LogP contribution in [0.2, 0.25) is 0 Å². The number of benzene rings is 3. The smallest absolute Gasteiger partial charge is 0.251 e. The molecule has 0 radical (unpaired) electrons. The van der Waals surface area contributed by atoms with E-state index in [1.807, 2.05) is 53.1 Å². The molecule has 0 spiro atoms. The molecule has 1 fully saturated rings. The number of carbonyl (C=O) groups excluding carboxylic acids is 2. The van der Waals surface area contributed by atoms with Crippen LogP contribution in [0.25, 0.3) is 21.8 Å². The molecule has 1 aliphatic rings. The molecule has 0 bridgehead atoms. The van der Waals surface area contributed by atoms with E-state index in [0.717, 1.165) is 29.4 Å². The van der Waals surface area contributed by atoms with E-state index >= 15 is 0 Å². The van der Waals surface area contributed by atoms with Crippen LogP contribution in [-0.4, -0.2) is 34.4 Å². The zero-order valence-electron chi connectivity index (χ0n) is 18.5. The summed E-state index contributed by atoms with van der Waals surface area (Å²) >= 11 is 0. The summed E-state index contributed by atoms with van der Waals surface area (Å²) in [5.74, 6) is -0.116. The monoisotopic (exact) mass is 439 g/mol. The van der Waals surface area contributed by atoms with Gasteiger partial charge in [-0.05, 0) is 54.8 Å². The number of rotatable bonds is 6. The van der Waals surface area contributed by atoms with Gasteiger partial charge in [-0.15, -0.1) is 0 Å². The Balaban J connectivity index is 1.36. The van der Waals surface area contributed by atoms with Crippen LogP contribution in [-0.2, 0) is 17.9 Å². The summed E-state index contributed by atoms with van der Waals surface area (Å²) in [5.41, 5.74) is 3.04. The maximum absolute atomic E-state index is 13.2. The molecule has 33 heavy (non-hydrogen) atoms.